The fraction of sp³-hybridized carbons (Fsp3) is 0.417. The minimum Gasteiger partial charge on any atom is -0.484 e. The number of hydrogen-bond donors (Lipinski definition) is 1. The van der Waals surface area contributed by atoms with Gasteiger partial charge < -0.3 is 15.0 Å². The molecule has 0 spiro atoms. The van der Waals surface area contributed by atoms with E-state index in [9.17, 15) is 9.59 Å². The van der Waals surface area contributed by atoms with Crippen LogP contribution in [0.4, 0.5) is 0 Å². The predicted molar refractivity (Wildman–Crippen MR) is 131 cm³/mol. The number of nitrogens with zero attached hydrogens (tertiary/aromatic N) is 1. The van der Waals surface area contributed by atoms with Gasteiger partial charge in [0, 0.05) is 28.2 Å². The zero-order chi connectivity index (χ0) is 23.8. The summed E-state index contributed by atoms with van der Waals surface area (Å²) in [4.78, 5) is 27.6. The van der Waals surface area contributed by atoms with Gasteiger partial charge in [0.25, 0.3) is 5.91 Å². The molecule has 2 amide bonds. The molecule has 2 aromatic carbocycles. The number of amides is 2. The number of rotatable bonds is 10. The van der Waals surface area contributed by atoms with Crippen molar-refractivity contribution in [3.63, 3.8) is 0 Å². The summed E-state index contributed by atoms with van der Waals surface area (Å²) in [5.41, 5.74) is 1.54. The lowest BCUT2D eigenvalue weighted by Gasteiger charge is -2.31. The maximum atomic E-state index is 13.2. The molecule has 0 aliphatic carbocycles. The molecule has 0 fully saturated rings. The summed E-state index contributed by atoms with van der Waals surface area (Å²) in [6.07, 6.45) is 0.445. The molecule has 0 saturated carbocycles. The van der Waals surface area contributed by atoms with E-state index in [-0.39, 0.29) is 25.0 Å². The van der Waals surface area contributed by atoms with Crippen molar-refractivity contribution in [2.75, 3.05) is 13.2 Å². The Morgan fingerprint density at radius 1 is 1.06 bits per heavy atom. The number of carbonyl (C=O) groups is 2. The molecule has 5 nitrogen and oxygen atoms in total. The van der Waals surface area contributed by atoms with Crippen LogP contribution < -0.4 is 10.1 Å². The second-order valence-electron chi connectivity index (χ2n) is 8.02. The molecule has 0 saturated heterocycles. The summed E-state index contributed by atoms with van der Waals surface area (Å²) in [5, 5.41) is 4.48. The van der Waals surface area contributed by atoms with Gasteiger partial charge in [0.1, 0.15) is 11.8 Å². The highest BCUT2D eigenvalue weighted by Crippen LogP contribution is 2.24. The van der Waals surface area contributed by atoms with E-state index in [4.69, 9.17) is 39.5 Å². The minimum atomic E-state index is -0.663. The molecule has 0 aliphatic heterocycles. The van der Waals surface area contributed by atoms with E-state index < -0.39 is 6.04 Å². The molecule has 8 heteroatoms. The summed E-state index contributed by atoms with van der Waals surface area (Å²) in [6.45, 7) is 8.22. The van der Waals surface area contributed by atoms with Gasteiger partial charge in [-0.05, 0) is 60.7 Å². The van der Waals surface area contributed by atoms with Crippen molar-refractivity contribution in [1.29, 1.82) is 0 Å². The minimum absolute atomic E-state index is 0.158. The highest BCUT2D eigenvalue weighted by molar-refractivity contribution is 6.35. The Bertz CT molecular complexity index is 950. The smallest absolute Gasteiger partial charge is 0.261 e. The largest absolute Gasteiger partial charge is 0.484 e. The molecule has 2 aromatic rings. The van der Waals surface area contributed by atoms with Gasteiger partial charge in [0.2, 0.25) is 5.91 Å². The molecule has 0 heterocycles. The van der Waals surface area contributed by atoms with Crippen molar-refractivity contribution < 1.29 is 14.3 Å². The average Bonchev–Trinajstić information content (AvgIpc) is 2.74. The van der Waals surface area contributed by atoms with Crippen LogP contribution in [0, 0.1) is 12.8 Å². The number of nitrogens with one attached hydrogen (secondary N) is 1. The lowest BCUT2D eigenvalue weighted by atomic mass is 10.1. The van der Waals surface area contributed by atoms with E-state index in [0.717, 1.165) is 5.56 Å². The number of halogens is 3. The molecule has 2 rings (SSSR count). The van der Waals surface area contributed by atoms with E-state index in [0.29, 0.717) is 45.3 Å². The Morgan fingerprint density at radius 2 is 1.78 bits per heavy atom. The highest BCUT2D eigenvalue weighted by atomic mass is 35.5. The van der Waals surface area contributed by atoms with Gasteiger partial charge in [-0.2, -0.15) is 0 Å². The standard InChI is InChI=1S/C24H29Cl3N2O3/c1-5-22(24(31)28-12-15(2)3)29(13-17-6-7-18(25)11-21(17)27)23(30)14-32-19-8-9-20(26)16(4)10-19/h6-11,15,22H,5,12-14H2,1-4H3,(H,28,31)/t22-/m1/s1. The highest BCUT2D eigenvalue weighted by Gasteiger charge is 2.29. The molecule has 1 N–H and O–H groups in total. The number of ether oxygens (including phenoxy) is 1. The van der Waals surface area contributed by atoms with Crippen LogP contribution in [0.15, 0.2) is 36.4 Å². The average molecular weight is 500 g/mol. The summed E-state index contributed by atoms with van der Waals surface area (Å²) in [6, 6.07) is 9.61. The van der Waals surface area contributed by atoms with E-state index in [1.54, 1.807) is 36.4 Å². The third-order valence-corrected chi connectivity index (χ3v) is 5.93. The summed E-state index contributed by atoms with van der Waals surface area (Å²) >= 11 is 18.4. The number of aryl methyl sites for hydroxylation is 1. The fourth-order valence-corrected chi connectivity index (χ4v) is 3.70. The fourth-order valence-electron chi connectivity index (χ4n) is 3.11. The Morgan fingerprint density at radius 3 is 2.38 bits per heavy atom. The molecule has 32 heavy (non-hydrogen) atoms. The molecule has 0 aliphatic rings. The van der Waals surface area contributed by atoms with Crippen LogP contribution in [-0.4, -0.2) is 35.9 Å². The van der Waals surface area contributed by atoms with Crippen molar-refractivity contribution in [3.05, 3.63) is 62.6 Å². The first kappa shape index (κ1) is 26.3. The van der Waals surface area contributed by atoms with Crippen LogP contribution in [0.1, 0.15) is 38.3 Å². The first-order chi connectivity index (χ1) is 15.1. The van der Waals surface area contributed by atoms with Crippen LogP contribution in [0.2, 0.25) is 15.1 Å². The molecule has 0 unspecified atom stereocenters. The lowest BCUT2D eigenvalue weighted by Crippen LogP contribution is -2.50. The summed E-state index contributed by atoms with van der Waals surface area (Å²) in [5.74, 6) is 0.293. The van der Waals surface area contributed by atoms with Crippen molar-refractivity contribution >= 4 is 46.6 Å². The van der Waals surface area contributed by atoms with E-state index >= 15 is 0 Å². The third-order valence-electron chi connectivity index (χ3n) is 4.92. The normalized spacial score (nSPS) is 11.9. The van der Waals surface area contributed by atoms with Crippen LogP contribution in [-0.2, 0) is 16.1 Å². The van der Waals surface area contributed by atoms with Crippen LogP contribution in [0.5, 0.6) is 5.75 Å². The van der Waals surface area contributed by atoms with Crippen molar-refractivity contribution in [2.45, 2.75) is 46.7 Å². The monoisotopic (exact) mass is 498 g/mol. The Labute approximate surface area is 205 Å². The molecule has 174 valence electrons. The number of benzene rings is 2. The van der Waals surface area contributed by atoms with Gasteiger partial charge >= 0.3 is 0 Å². The van der Waals surface area contributed by atoms with Crippen molar-refractivity contribution in [3.8, 4) is 5.75 Å². The van der Waals surface area contributed by atoms with Gasteiger partial charge in [0.15, 0.2) is 6.61 Å². The first-order valence-electron chi connectivity index (χ1n) is 10.5. The van der Waals surface area contributed by atoms with Gasteiger partial charge in [-0.25, -0.2) is 0 Å². The SMILES string of the molecule is CC[C@H](C(=O)NCC(C)C)N(Cc1ccc(Cl)cc1Cl)C(=O)COc1ccc(Cl)c(C)c1. The zero-order valence-corrected chi connectivity index (χ0v) is 21.0. The molecular weight excluding hydrogens is 471 g/mol. The number of carbonyl (C=O) groups excluding carboxylic acids is 2. The summed E-state index contributed by atoms with van der Waals surface area (Å²) < 4.78 is 5.71. The Hall–Kier alpha value is -1.95. The third kappa shape index (κ3) is 7.58. The van der Waals surface area contributed by atoms with Gasteiger partial charge in [-0.3, -0.25) is 9.59 Å². The lowest BCUT2D eigenvalue weighted by molar-refractivity contribution is -0.143. The van der Waals surface area contributed by atoms with Gasteiger partial charge in [-0.15, -0.1) is 0 Å². The topological polar surface area (TPSA) is 58.6 Å². The molecule has 0 radical (unpaired) electrons. The maximum Gasteiger partial charge on any atom is 0.261 e. The summed E-state index contributed by atoms with van der Waals surface area (Å²) in [7, 11) is 0. The van der Waals surface area contributed by atoms with Crippen LogP contribution in [0.3, 0.4) is 0 Å². The van der Waals surface area contributed by atoms with Gasteiger partial charge in [0.05, 0.1) is 0 Å². The Kier molecular flexibility index (Phi) is 10.1. The maximum absolute atomic E-state index is 13.2. The van der Waals surface area contributed by atoms with E-state index in [2.05, 4.69) is 5.32 Å². The first-order valence-corrected chi connectivity index (χ1v) is 11.7. The van der Waals surface area contributed by atoms with E-state index in [1.807, 2.05) is 27.7 Å². The second-order valence-corrected chi connectivity index (χ2v) is 9.27. The quantitative estimate of drug-likeness (QED) is 0.442. The molecule has 1 atom stereocenters. The Balaban J connectivity index is 2.24. The molecule has 0 bridgehead atoms. The number of hydrogen-bond acceptors (Lipinski definition) is 3. The zero-order valence-electron chi connectivity index (χ0n) is 18.8. The van der Waals surface area contributed by atoms with Crippen LogP contribution in [0.25, 0.3) is 0 Å². The second kappa shape index (κ2) is 12.3. The van der Waals surface area contributed by atoms with Crippen LogP contribution >= 0.6 is 34.8 Å². The molecule has 0 aromatic heterocycles. The van der Waals surface area contributed by atoms with Crippen molar-refractivity contribution in [2.24, 2.45) is 5.92 Å². The van der Waals surface area contributed by atoms with Gasteiger partial charge in [-0.1, -0.05) is 61.6 Å². The predicted octanol–water partition coefficient (Wildman–Crippen LogP) is 5.91. The van der Waals surface area contributed by atoms with Crippen molar-refractivity contribution in [1.82, 2.24) is 10.2 Å². The molecular formula is C24H29Cl3N2O3. The van der Waals surface area contributed by atoms with E-state index in [1.165, 1.54) is 4.90 Å².